The van der Waals surface area contributed by atoms with Crippen LogP contribution in [0.4, 0.5) is 4.39 Å². The number of halogens is 1. The molecule has 27 heavy (non-hydrogen) atoms. The Bertz CT molecular complexity index is 939. The summed E-state index contributed by atoms with van der Waals surface area (Å²) in [6.45, 7) is 3.12. The van der Waals surface area contributed by atoms with Gasteiger partial charge in [-0.3, -0.25) is 9.78 Å². The molecule has 0 spiro atoms. The molecule has 1 aliphatic heterocycles. The average molecular weight is 367 g/mol. The standard InChI is InChI=1S/C19H18FN5O2/c1-12-9-22-16(10-21-12)19(26)25-7-6-13(11-25)8-17-23-18(27-24-17)14-2-4-15(20)5-3-14/h2-5,9-10,13H,6-8,11H2,1H3. The molecule has 0 bridgehead atoms. The number of rotatable bonds is 4. The quantitative estimate of drug-likeness (QED) is 0.705. The van der Waals surface area contributed by atoms with Crippen molar-refractivity contribution in [3.63, 3.8) is 0 Å². The second-order valence-electron chi connectivity index (χ2n) is 6.68. The smallest absolute Gasteiger partial charge is 0.274 e. The van der Waals surface area contributed by atoms with E-state index in [2.05, 4.69) is 20.1 Å². The van der Waals surface area contributed by atoms with Gasteiger partial charge in [0.05, 0.1) is 11.9 Å². The molecule has 0 radical (unpaired) electrons. The maximum atomic E-state index is 13.0. The molecule has 0 aliphatic carbocycles. The normalized spacial score (nSPS) is 16.7. The number of aryl methyl sites for hydroxylation is 1. The molecular formula is C19H18FN5O2. The number of hydrogen-bond acceptors (Lipinski definition) is 6. The highest BCUT2D eigenvalue weighted by Crippen LogP contribution is 2.23. The molecule has 0 saturated carbocycles. The van der Waals surface area contributed by atoms with Crippen molar-refractivity contribution < 1.29 is 13.7 Å². The summed E-state index contributed by atoms with van der Waals surface area (Å²) < 4.78 is 18.3. The van der Waals surface area contributed by atoms with Crippen molar-refractivity contribution in [2.45, 2.75) is 19.8 Å². The third kappa shape index (κ3) is 3.84. The molecule has 1 fully saturated rings. The molecule has 1 aromatic carbocycles. The molecule has 8 heteroatoms. The van der Waals surface area contributed by atoms with Gasteiger partial charge in [0.15, 0.2) is 5.82 Å². The first-order valence-corrected chi connectivity index (χ1v) is 8.75. The Morgan fingerprint density at radius 3 is 2.81 bits per heavy atom. The first-order valence-electron chi connectivity index (χ1n) is 8.75. The Morgan fingerprint density at radius 2 is 2.07 bits per heavy atom. The highest BCUT2D eigenvalue weighted by Gasteiger charge is 2.29. The largest absolute Gasteiger partial charge is 0.337 e. The van der Waals surface area contributed by atoms with Crippen molar-refractivity contribution in [1.29, 1.82) is 0 Å². The molecule has 0 N–H and O–H groups in total. The predicted octanol–water partition coefficient (Wildman–Crippen LogP) is 2.68. The number of benzene rings is 1. The Morgan fingerprint density at radius 1 is 1.26 bits per heavy atom. The van der Waals surface area contributed by atoms with Gasteiger partial charge in [0.1, 0.15) is 11.5 Å². The number of hydrogen-bond donors (Lipinski definition) is 0. The predicted molar refractivity (Wildman–Crippen MR) is 94.2 cm³/mol. The van der Waals surface area contributed by atoms with Crippen molar-refractivity contribution in [1.82, 2.24) is 25.0 Å². The molecule has 1 atom stereocenters. The summed E-state index contributed by atoms with van der Waals surface area (Å²) in [5.74, 6) is 0.790. The van der Waals surface area contributed by atoms with Gasteiger partial charge in [-0.15, -0.1) is 0 Å². The SMILES string of the molecule is Cc1cnc(C(=O)N2CCC(Cc3noc(-c4ccc(F)cc4)n3)C2)cn1. The average Bonchev–Trinajstić information content (AvgIpc) is 3.33. The fraction of sp³-hybridized carbons (Fsp3) is 0.316. The van der Waals surface area contributed by atoms with Crippen molar-refractivity contribution >= 4 is 5.91 Å². The minimum Gasteiger partial charge on any atom is -0.337 e. The maximum Gasteiger partial charge on any atom is 0.274 e. The van der Waals surface area contributed by atoms with Crippen LogP contribution in [0.25, 0.3) is 11.5 Å². The van der Waals surface area contributed by atoms with E-state index in [1.54, 1.807) is 23.2 Å². The maximum absolute atomic E-state index is 13.0. The van der Waals surface area contributed by atoms with Gasteiger partial charge in [-0.05, 0) is 43.5 Å². The lowest BCUT2D eigenvalue weighted by Gasteiger charge is -2.15. The van der Waals surface area contributed by atoms with Crippen molar-refractivity contribution in [2.75, 3.05) is 13.1 Å². The first kappa shape index (κ1) is 17.3. The summed E-state index contributed by atoms with van der Waals surface area (Å²) in [6.07, 6.45) is 4.59. The van der Waals surface area contributed by atoms with Gasteiger partial charge in [0.25, 0.3) is 11.8 Å². The van der Waals surface area contributed by atoms with E-state index in [4.69, 9.17) is 4.52 Å². The van der Waals surface area contributed by atoms with Crippen LogP contribution in [0.2, 0.25) is 0 Å². The monoisotopic (exact) mass is 367 g/mol. The molecular weight excluding hydrogens is 349 g/mol. The van der Waals surface area contributed by atoms with Gasteiger partial charge in [0, 0.05) is 31.3 Å². The van der Waals surface area contributed by atoms with E-state index in [0.717, 1.165) is 12.1 Å². The number of carbonyl (C=O) groups is 1. The minimum atomic E-state index is -0.313. The molecule has 1 saturated heterocycles. The van der Waals surface area contributed by atoms with Crippen LogP contribution < -0.4 is 0 Å². The zero-order valence-corrected chi connectivity index (χ0v) is 14.8. The van der Waals surface area contributed by atoms with Gasteiger partial charge in [-0.1, -0.05) is 5.16 Å². The molecule has 4 rings (SSSR count). The van der Waals surface area contributed by atoms with E-state index < -0.39 is 0 Å². The van der Waals surface area contributed by atoms with Gasteiger partial charge in [0.2, 0.25) is 0 Å². The molecule has 1 amide bonds. The van der Waals surface area contributed by atoms with Gasteiger partial charge < -0.3 is 9.42 Å². The minimum absolute atomic E-state index is 0.106. The second kappa shape index (κ2) is 7.22. The second-order valence-corrected chi connectivity index (χ2v) is 6.68. The number of aromatic nitrogens is 4. The Labute approximate surface area is 155 Å². The van der Waals surface area contributed by atoms with Crippen molar-refractivity contribution in [3.05, 3.63) is 59.7 Å². The lowest BCUT2D eigenvalue weighted by Crippen LogP contribution is -2.29. The van der Waals surface area contributed by atoms with Crippen LogP contribution >= 0.6 is 0 Å². The van der Waals surface area contributed by atoms with Crippen molar-refractivity contribution in [3.8, 4) is 11.5 Å². The third-order valence-electron chi connectivity index (χ3n) is 4.60. The van der Waals surface area contributed by atoms with E-state index in [-0.39, 0.29) is 17.6 Å². The zero-order chi connectivity index (χ0) is 18.8. The lowest BCUT2D eigenvalue weighted by molar-refractivity contribution is 0.0780. The lowest BCUT2D eigenvalue weighted by atomic mass is 10.1. The molecule has 138 valence electrons. The number of amides is 1. The summed E-state index contributed by atoms with van der Waals surface area (Å²) >= 11 is 0. The van der Waals surface area contributed by atoms with E-state index in [1.807, 2.05) is 6.92 Å². The Hall–Kier alpha value is -3.16. The Kier molecular flexibility index (Phi) is 4.62. The Balaban J connectivity index is 1.38. The van der Waals surface area contributed by atoms with Gasteiger partial charge >= 0.3 is 0 Å². The fourth-order valence-electron chi connectivity index (χ4n) is 3.15. The van der Waals surface area contributed by atoms with Crippen LogP contribution in [0.5, 0.6) is 0 Å². The molecule has 1 unspecified atom stereocenters. The molecule has 2 aromatic heterocycles. The van der Waals surface area contributed by atoms with Crippen LogP contribution in [-0.2, 0) is 6.42 Å². The van der Waals surface area contributed by atoms with E-state index in [9.17, 15) is 9.18 Å². The van der Waals surface area contributed by atoms with Crippen molar-refractivity contribution in [2.24, 2.45) is 5.92 Å². The topological polar surface area (TPSA) is 85.0 Å². The summed E-state index contributed by atoms with van der Waals surface area (Å²) in [7, 11) is 0. The molecule has 1 aliphatic rings. The van der Waals surface area contributed by atoms with E-state index in [1.165, 1.54) is 18.3 Å². The van der Waals surface area contributed by atoms with Gasteiger partial charge in [-0.25, -0.2) is 9.37 Å². The molecule has 7 nitrogen and oxygen atoms in total. The highest BCUT2D eigenvalue weighted by atomic mass is 19.1. The van der Waals surface area contributed by atoms with Gasteiger partial charge in [-0.2, -0.15) is 4.98 Å². The third-order valence-corrected chi connectivity index (χ3v) is 4.60. The van der Waals surface area contributed by atoms with Crippen LogP contribution in [0.15, 0.2) is 41.2 Å². The summed E-state index contributed by atoms with van der Waals surface area (Å²) in [5.41, 5.74) is 1.82. The summed E-state index contributed by atoms with van der Waals surface area (Å²) in [4.78, 5) is 27.0. The first-order chi connectivity index (χ1) is 13.1. The zero-order valence-electron chi connectivity index (χ0n) is 14.8. The fourth-order valence-corrected chi connectivity index (χ4v) is 3.15. The number of carbonyl (C=O) groups excluding carboxylic acids is 1. The summed E-state index contributed by atoms with van der Waals surface area (Å²) in [6, 6.07) is 5.91. The molecule has 3 aromatic rings. The highest BCUT2D eigenvalue weighted by molar-refractivity contribution is 5.92. The van der Waals surface area contributed by atoms with Crippen LogP contribution in [0.1, 0.15) is 28.4 Å². The van der Waals surface area contributed by atoms with Crippen LogP contribution in [0.3, 0.4) is 0 Å². The number of likely N-dealkylation sites (tertiary alicyclic amines) is 1. The number of nitrogens with zero attached hydrogens (tertiary/aromatic N) is 5. The van der Waals surface area contributed by atoms with E-state index in [0.29, 0.717) is 42.5 Å². The van der Waals surface area contributed by atoms with Crippen LogP contribution in [-0.4, -0.2) is 44.0 Å². The van der Waals surface area contributed by atoms with Crippen LogP contribution in [0, 0.1) is 18.7 Å². The van der Waals surface area contributed by atoms with E-state index >= 15 is 0 Å². The summed E-state index contributed by atoms with van der Waals surface area (Å²) in [5, 5.41) is 4.01. The molecule has 3 heterocycles.